The minimum Gasteiger partial charge on any atom is -0.365 e. The fourth-order valence-corrected chi connectivity index (χ4v) is 7.90. The second kappa shape index (κ2) is 6.97. The van der Waals surface area contributed by atoms with E-state index in [0.717, 1.165) is 37.2 Å². The van der Waals surface area contributed by atoms with Gasteiger partial charge in [0.25, 0.3) is 10.1 Å². The lowest BCUT2D eigenvalue weighted by Gasteiger charge is -2.42. The van der Waals surface area contributed by atoms with Crippen molar-refractivity contribution in [2.24, 2.45) is 0 Å². The molecule has 0 spiro atoms. The van der Waals surface area contributed by atoms with Crippen LogP contribution < -0.4 is 4.90 Å². The van der Waals surface area contributed by atoms with Crippen LogP contribution in [0, 0.1) is 0 Å². The van der Waals surface area contributed by atoms with E-state index in [1.807, 2.05) is 6.07 Å². The van der Waals surface area contributed by atoms with Crippen LogP contribution in [0.1, 0.15) is 51.7 Å². The van der Waals surface area contributed by atoms with Gasteiger partial charge in [-0.3, -0.25) is 4.55 Å². The Morgan fingerprint density at radius 3 is 2.56 bits per heavy atom. The Balaban J connectivity index is 1.43. The molecule has 2 unspecified atom stereocenters. The number of nitrogens with zero attached hydrogens (tertiary/aromatic N) is 2. The Hall–Kier alpha value is -2.74. The quantitative estimate of drug-likeness (QED) is 0.445. The maximum atomic E-state index is 11.9. The number of anilines is 1. The Bertz CT molecular complexity index is 1560. The highest BCUT2D eigenvalue weighted by Crippen LogP contribution is 2.54. The molecular weight excluding hydrogens is 472 g/mol. The highest BCUT2D eigenvalue weighted by molar-refractivity contribution is 7.85. The van der Waals surface area contributed by atoms with Gasteiger partial charge in [-0.15, -0.1) is 0 Å². The van der Waals surface area contributed by atoms with Crippen molar-refractivity contribution in [1.29, 1.82) is 0 Å². The van der Waals surface area contributed by atoms with Crippen molar-refractivity contribution in [2.45, 2.75) is 68.5 Å². The normalized spacial score (nSPS) is 27.0. The van der Waals surface area contributed by atoms with Crippen molar-refractivity contribution in [3.05, 3.63) is 76.5 Å². The molecule has 0 amide bonds. The molecule has 0 saturated heterocycles. The summed E-state index contributed by atoms with van der Waals surface area (Å²) in [5.41, 5.74) is 9.04. The Morgan fingerprint density at radius 1 is 1.00 bits per heavy atom. The van der Waals surface area contributed by atoms with Gasteiger partial charge in [-0.1, -0.05) is 32.0 Å². The van der Waals surface area contributed by atoms with Crippen molar-refractivity contribution < 1.29 is 22.3 Å². The topological polar surface area (TPSA) is 69.8 Å². The van der Waals surface area contributed by atoms with Crippen molar-refractivity contribution in [3.63, 3.8) is 0 Å². The SMILES string of the molecule is CC1(C)C2=C3C=C4C5=[N+](CCC4OC3CCN2c2ccc(S(=O)(=O)O)cc21)c1ccccc1C5(C)C. The van der Waals surface area contributed by atoms with E-state index in [9.17, 15) is 13.0 Å². The van der Waals surface area contributed by atoms with Gasteiger partial charge >= 0.3 is 0 Å². The van der Waals surface area contributed by atoms with Crippen molar-refractivity contribution in [3.8, 4) is 0 Å². The zero-order chi connectivity index (χ0) is 25.2. The maximum Gasteiger partial charge on any atom is 0.294 e. The fraction of sp³-hybridized carbons (Fsp3) is 0.414. The standard InChI is InChI=1S/C29H30N2O4S/c1-28(2)20-7-5-6-8-22(20)30-13-11-24-18(26(28)30)16-19-25(35-24)12-14-31-23-10-9-17(36(32,33)34)15-21(23)29(3,4)27(19)31/h5-10,15-16,24-25H,11-14H2,1-4H3/p+1. The van der Waals surface area contributed by atoms with Crippen LogP contribution in [0.25, 0.3) is 0 Å². The third-order valence-corrected chi connectivity index (χ3v) is 9.78. The summed E-state index contributed by atoms with van der Waals surface area (Å²) in [4.78, 5) is 2.27. The number of hydrogen-bond acceptors (Lipinski definition) is 4. The molecule has 6 nitrogen and oxygen atoms in total. The van der Waals surface area contributed by atoms with Gasteiger partial charge in [-0.25, -0.2) is 0 Å². The molecular formula is C29H31N2O4S+. The molecule has 7 rings (SSSR count). The summed E-state index contributed by atoms with van der Waals surface area (Å²) in [5.74, 6) is 0. The van der Waals surface area contributed by atoms with Gasteiger partial charge in [-0.2, -0.15) is 13.0 Å². The van der Waals surface area contributed by atoms with Crippen LogP contribution in [0.4, 0.5) is 11.4 Å². The highest BCUT2D eigenvalue weighted by Gasteiger charge is 2.54. The molecule has 1 N–H and O–H groups in total. The summed E-state index contributed by atoms with van der Waals surface area (Å²) in [6, 6.07) is 13.7. The van der Waals surface area contributed by atoms with Crippen molar-refractivity contribution >= 4 is 27.2 Å². The Morgan fingerprint density at radius 2 is 1.78 bits per heavy atom. The summed E-state index contributed by atoms with van der Waals surface area (Å²) in [5, 5.41) is 0. The third-order valence-electron chi connectivity index (χ3n) is 8.93. The second-order valence-electron chi connectivity index (χ2n) is 11.7. The first kappa shape index (κ1) is 22.5. The largest absolute Gasteiger partial charge is 0.365 e. The van der Waals surface area contributed by atoms with Crippen molar-refractivity contribution in [1.82, 2.24) is 0 Å². The molecule has 0 radical (unpaired) electrons. The summed E-state index contributed by atoms with van der Waals surface area (Å²) in [6.45, 7) is 10.7. The monoisotopic (exact) mass is 503 g/mol. The first-order valence-electron chi connectivity index (χ1n) is 12.8. The summed E-state index contributed by atoms with van der Waals surface area (Å²) < 4.78 is 42.8. The van der Waals surface area contributed by atoms with E-state index in [-0.39, 0.29) is 22.5 Å². The molecule has 0 aliphatic carbocycles. The molecule has 186 valence electrons. The van der Waals surface area contributed by atoms with Gasteiger partial charge in [-0.05, 0) is 50.1 Å². The smallest absolute Gasteiger partial charge is 0.294 e. The van der Waals surface area contributed by atoms with E-state index in [1.165, 1.54) is 39.9 Å². The highest BCUT2D eigenvalue weighted by atomic mass is 32.2. The number of fused-ring (bicyclic) bond motifs is 8. The van der Waals surface area contributed by atoms with Crippen LogP contribution in [-0.2, 0) is 25.7 Å². The number of allylic oxidation sites excluding steroid dienone is 1. The van der Waals surface area contributed by atoms with Crippen LogP contribution in [0.3, 0.4) is 0 Å². The number of ether oxygens (including phenoxy) is 1. The fourth-order valence-electron chi connectivity index (χ4n) is 7.40. The van der Waals surface area contributed by atoms with Gasteiger partial charge in [0.15, 0.2) is 12.3 Å². The van der Waals surface area contributed by atoms with E-state index >= 15 is 0 Å². The van der Waals surface area contributed by atoms with Crippen LogP contribution >= 0.6 is 0 Å². The van der Waals surface area contributed by atoms with E-state index in [1.54, 1.807) is 6.07 Å². The van der Waals surface area contributed by atoms with Gasteiger partial charge < -0.3 is 9.64 Å². The predicted molar refractivity (Wildman–Crippen MR) is 139 cm³/mol. The number of para-hydroxylation sites is 1. The van der Waals surface area contributed by atoms with E-state index in [2.05, 4.69) is 67.5 Å². The minimum absolute atomic E-state index is 0.0265. The molecule has 5 aliphatic rings. The molecule has 0 fully saturated rings. The number of hydrogen-bond donors (Lipinski definition) is 1. The van der Waals surface area contributed by atoms with Gasteiger partial charge in [0.05, 0.1) is 22.5 Å². The molecule has 0 aromatic heterocycles. The lowest BCUT2D eigenvalue weighted by Crippen LogP contribution is -2.47. The number of rotatable bonds is 1. The van der Waals surface area contributed by atoms with E-state index in [0.29, 0.717) is 0 Å². The average molecular weight is 504 g/mol. The Kier molecular flexibility index (Phi) is 4.35. The lowest BCUT2D eigenvalue weighted by molar-refractivity contribution is -0.445. The number of benzene rings is 2. The Labute approximate surface area is 212 Å². The van der Waals surface area contributed by atoms with Crippen molar-refractivity contribution in [2.75, 3.05) is 18.0 Å². The van der Waals surface area contributed by atoms with Gasteiger partial charge in [0.2, 0.25) is 5.69 Å². The first-order chi connectivity index (χ1) is 17.0. The first-order valence-corrected chi connectivity index (χ1v) is 14.2. The molecule has 5 heterocycles. The zero-order valence-electron chi connectivity index (χ0n) is 21.1. The van der Waals surface area contributed by atoms with E-state index < -0.39 is 15.5 Å². The maximum absolute atomic E-state index is 11.9. The molecule has 0 bridgehead atoms. The molecule has 36 heavy (non-hydrogen) atoms. The third kappa shape index (κ3) is 2.79. The van der Waals surface area contributed by atoms with Crippen LogP contribution in [-0.4, -0.2) is 48.6 Å². The summed E-state index contributed by atoms with van der Waals surface area (Å²) in [7, 11) is -4.28. The molecule has 5 aliphatic heterocycles. The van der Waals surface area contributed by atoms with Crippen LogP contribution in [0.15, 0.2) is 70.3 Å². The minimum atomic E-state index is -4.28. The van der Waals surface area contributed by atoms with Crippen LogP contribution in [0.2, 0.25) is 0 Å². The second-order valence-corrected chi connectivity index (χ2v) is 13.1. The average Bonchev–Trinajstić information content (AvgIpc) is 3.22. The molecule has 2 aromatic carbocycles. The van der Waals surface area contributed by atoms with Crippen LogP contribution in [0.5, 0.6) is 0 Å². The molecule has 0 saturated carbocycles. The van der Waals surface area contributed by atoms with Gasteiger partial charge in [0.1, 0.15) is 0 Å². The van der Waals surface area contributed by atoms with Gasteiger partial charge in [0, 0.05) is 52.5 Å². The van der Waals surface area contributed by atoms with E-state index in [4.69, 9.17) is 4.74 Å². The lowest BCUT2D eigenvalue weighted by atomic mass is 9.74. The predicted octanol–water partition coefficient (Wildman–Crippen LogP) is 4.86. The summed E-state index contributed by atoms with van der Waals surface area (Å²) >= 11 is 0. The molecule has 2 atom stereocenters. The molecule has 2 aromatic rings. The molecule has 7 heteroatoms. The summed E-state index contributed by atoms with van der Waals surface area (Å²) in [6.07, 6.45) is 4.36. The zero-order valence-corrected chi connectivity index (χ0v) is 21.9.